The molecule has 0 radical (unpaired) electrons. The number of nitriles is 1. The van der Waals surface area contributed by atoms with Gasteiger partial charge in [-0.05, 0) is 83.0 Å². The molecular formula is C24H17BrClN3O7S. The highest BCUT2D eigenvalue weighted by molar-refractivity contribution is 9.10. The van der Waals surface area contributed by atoms with Crippen molar-refractivity contribution in [1.82, 2.24) is 0 Å². The van der Waals surface area contributed by atoms with Crippen LogP contribution in [0, 0.1) is 21.4 Å². The number of non-ortho nitro benzene ring substituents is 1. The SMILES string of the molecule is CCOc1cc(/C=C(/C#N)C(=O)Nc2ccc(Cl)cc2)cc(Br)c1OS(=O)(=O)c1ccc([N+](=O)[O-])cc1. The molecule has 0 saturated heterocycles. The first-order valence-electron chi connectivity index (χ1n) is 10.4. The highest BCUT2D eigenvalue weighted by atomic mass is 79.9. The average Bonchev–Trinajstić information content (AvgIpc) is 2.86. The summed E-state index contributed by atoms with van der Waals surface area (Å²) in [6, 6.07) is 15.2. The molecule has 3 rings (SSSR count). The van der Waals surface area contributed by atoms with Crippen molar-refractivity contribution in [2.45, 2.75) is 11.8 Å². The third kappa shape index (κ3) is 7.07. The Morgan fingerprint density at radius 2 is 1.84 bits per heavy atom. The fourth-order valence-corrected chi connectivity index (χ4v) is 4.69. The van der Waals surface area contributed by atoms with E-state index in [0.717, 1.165) is 24.3 Å². The molecule has 0 spiro atoms. The molecule has 0 atom stereocenters. The van der Waals surface area contributed by atoms with Crippen molar-refractivity contribution in [3.05, 3.63) is 91.4 Å². The van der Waals surface area contributed by atoms with Crippen molar-refractivity contribution in [3.63, 3.8) is 0 Å². The van der Waals surface area contributed by atoms with Gasteiger partial charge in [0.1, 0.15) is 16.5 Å². The van der Waals surface area contributed by atoms with Crippen LogP contribution in [0.15, 0.2) is 75.6 Å². The van der Waals surface area contributed by atoms with Crippen molar-refractivity contribution in [1.29, 1.82) is 5.26 Å². The minimum absolute atomic E-state index is 0.0176. The molecule has 0 aliphatic rings. The highest BCUT2D eigenvalue weighted by Crippen LogP contribution is 2.39. The molecular weight excluding hydrogens is 590 g/mol. The number of ether oxygens (including phenoxy) is 1. The standard InChI is InChI=1S/C24H17BrClN3O7S/c1-2-35-22-13-15(11-16(14-27)24(30)28-18-5-3-17(26)4-6-18)12-21(25)23(22)36-37(33,34)20-9-7-19(8-10-20)29(31)32/h3-13H,2H2,1H3,(H,28,30)/b16-11-. The van der Waals surface area contributed by atoms with Crippen LogP contribution in [0.2, 0.25) is 5.02 Å². The van der Waals surface area contributed by atoms with Crippen molar-refractivity contribution < 1.29 is 27.1 Å². The summed E-state index contributed by atoms with van der Waals surface area (Å²) in [6.45, 7) is 1.82. The van der Waals surface area contributed by atoms with Gasteiger partial charge in [-0.2, -0.15) is 13.7 Å². The summed E-state index contributed by atoms with van der Waals surface area (Å²) >= 11 is 9.09. The number of hydrogen-bond acceptors (Lipinski definition) is 8. The normalized spacial score (nSPS) is 11.4. The van der Waals surface area contributed by atoms with E-state index < -0.39 is 20.9 Å². The van der Waals surface area contributed by atoms with E-state index in [0.29, 0.717) is 16.3 Å². The zero-order valence-electron chi connectivity index (χ0n) is 19.0. The van der Waals surface area contributed by atoms with Gasteiger partial charge < -0.3 is 14.2 Å². The van der Waals surface area contributed by atoms with Gasteiger partial charge in [0.15, 0.2) is 11.5 Å². The molecule has 0 aromatic heterocycles. The minimum Gasteiger partial charge on any atom is -0.490 e. The van der Waals surface area contributed by atoms with Gasteiger partial charge in [-0.3, -0.25) is 14.9 Å². The van der Waals surface area contributed by atoms with Gasteiger partial charge in [-0.25, -0.2) is 0 Å². The Morgan fingerprint density at radius 1 is 1.19 bits per heavy atom. The van der Waals surface area contributed by atoms with Crippen LogP contribution in [0.4, 0.5) is 11.4 Å². The number of nitro benzene ring substituents is 1. The summed E-state index contributed by atoms with van der Waals surface area (Å²) in [7, 11) is -4.38. The molecule has 13 heteroatoms. The smallest absolute Gasteiger partial charge is 0.339 e. The lowest BCUT2D eigenvalue weighted by Crippen LogP contribution is -2.13. The molecule has 0 fully saturated rings. The van der Waals surface area contributed by atoms with Gasteiger partial charge in [0.2, 0.25) is 0 Å². The van der Waals surface area contributed by atoms with Gasteiger partial charge in [0, 0.05) is 22.8 Å². The molecule has 10 nitrogen and oxygen atoms in total. The number of carbonyl (C=O) groups is 1. The maximum atomic E-state index is 12.8. The number of rotatable bonds is 9. The molecule has 0 bridgehead atoms. The second-order valence-electron chi connectivity index (χ2n) is 7.18. The lowest BCUT2D eigenvalue weighted by atomic mass is 10.1. The number of nitrogens with zero attached hydrogens (tertiary/aromatic N) is 2. The molecule has 1 N–H and O–H groups in total. The van der Waals surface area contributed by atoms with Crippen molar-refractivity contribution in [2.24, 2.45) is 0 Å². The summed E-state index contributed by atoms with van der Waals surface area (Å²) < 4.78 is 36.6. The maximum absolute atomic E-state index is 12.8. The second kappa shape index (κ2) is 11.9. The summed E-state index contributed by atoms with van der Waals surface area (Å²) in [4.78, 5) is 22.5. The van der Waals surface area contributed by atoms with E-state index in [-0.39, 0.29) is 38.7 Å². The fourth-order valence-electron chi connectivity index (χ4n) is 2.95. The molecule has 3 aromatic rings. The summed E-state index contributed by atoms with van der Waals surface area (Å²) in [5, 5.41) is 23.4. The average molecular weight is 607 g/mol. The predicted molar refractivity (Wildman–Crippen MR) is 140 cm³/mol. The van der Waals surface area contributed by atoms with Crippen molar-refractivity contribution in [2.75, 3.05) is 11.9 Å². The molecule has 37 heavy (non-hydrogen) atoms. The zero-order valence-corrected chi connectivity index (χ0v) is 22.1. The van der Waals surface area contributed by atoms with Crippen LogP contribution in [0.1, 0.15) is 12.5 Å². The van der Waals surface area contributed by atoms with Crippen LogP contribution in [0.5, 0.6) is 11.5 Å². The molecule has 1 amide bonds. The van der Waals surface area contributed by atoms with Crippen LogP contribution in [0.25, 0.3) is 6.08 Å². The first-order valence-corrected chi connectivity index (χ1v) is 13.0. The first kappa shape index (κ1) is 27.7. The first-order chi connectivity index (χ1) is 17.5. The Hall–Kier alpha value is -3.92. The largest absolute Gasteiger partial charge is 0.490 e. The predicted octanol–water partition coefficient (Wildman–Crippen LogP) is 5.72. The van der Waals surface area contributed by atoms with E-state index in [2.05, 4.69) is 21.2 Å². The van der Waals surface area contributed by atoms with E-state index in [1.165, 1.54) is 18.2 Å². The molecule has 0 aliphatic heterocycles. The number of amides is 1. The Labute approximate surface area is 225 Å². The van der Waals surface area contributed by atoms with Crippen LogP contribution in [-0.4, -0.2) is 25.9 Å². The van der Waals surface area contributed by atoms with Crippen LogP contribution >= 0.6 is 27.5 Å². The van der Waals surface area contributed by atoms with Crippen LogP contribution < -0.4 is 14.2 Å². The van der Waals surface area contributed by atoms with Crippen LogP contribution in [0.3, 0.4) is 0 Å². The van der Waals surface area contributed by atoms with Crippen molar-refractivity contribution >= 4 is 61.0 Å². The fraction of sp³-hybridized carbons (Fsp3) is 0.0833. The number of nitro groups is 1. The quantitative estimate of drug-likeness (QED) is 0.107. The second-order valence-corrected chi connectivity index (χ2v) is 10.0. The van der Waals surface area contributed by atoms with E-state index >= 15 is 0 Å². The molecule has 3 aromatic carbocycles. The monoisotopic (exact) mass is 605 g/mol. The number of anilines is 1. The summed E-state index contributed by atoms with van der Waals surface area (Å²) in [6.07, 6.45) is 1.30. The van der Waals surface area contributed by atoms with E-state index in [1.807, 2.05) is 6.07 Å². The number of hydrogen-bond donors (Lipinski definition) is 1. The number of nitrogens with one attached hydrogen (secondary N) is 1. The molecule has 0 unspecified atom stereocenters. The van der Waals surface area contributed by atoms with E-state index in [4.69, 9.17) is 20.5 Å². The lowest BCUT2D eigenvalue weighted by Gasteiger charge is -2.14. The van der Waals surface area contributed by atoms with Gasteiger partial charge >= 0.3 is 10.1 Å². The molecule has 0 saturated carbocycles. The maximum Gasteiger partial charge on any atom is 0.339 e. The number of benzene rings is 3. The Morgan fingerprint density at radius 3 is 2.41 bits per heavy atom. The highest BCUT2D eigenvalue weighted by Gasteiger charge is 2.23. The number of halogens is 2. The molecule has 0 heterocycles. The third-order valence-electron chi connectivity index (χ3n) is 4.64. The zero-order chi connectivity index (χ0) is 27.2. The van der Waals surface area contributed by atoms with Crippen molar-refractivity contribution in [3.8, 4) is 17.6 Å². The Bertz CT molecular complexity index is 1520. The third-order valence-corrected chi connectivity index (χ3v) is 6.72. The molecule has 0 aliphatic carbocycles. The minimum atomic E-state index is -4.38. The van der Waals surface area contributed by atoms with Gasteiger partial charge in [-0.15, -0.1) is 0 Å². The lowest BCUT2D eigenvalue weighted by molar-refractivity contribution is -0.384. The van der Waals surface area contributed by atoms with E-state index in [1.54, 1.807) is 31.2 Å². The summed E-state index contributed by atoms with van der Waals surface area (Å²) in [5.74, 6) is -0.828. The van der Waals surface area contributed by atoms with Crippen LogP contribution in [-0.2, 0) is 14.9 Å². The Kier molecular flexibility index (Phi) is 8.88. The van der Waals surface area contributed by atoms with E-state index in [9.17, 15) is 28.6 Å². The Balaban J connectivity index is 1.92. The van der Waals surface area contributed by atoms with Gasteiger partial charge in [0.25, 0.3) is 11.6 Å². The molecule has 190 valence electrons. The van der Waals surface area contributed by atoms with Gasteiger partial charge in [0.05, 0.1) is 16.0 Å². The topological polar surface area (TPSA) is 149 Å². The van der Waals surface area contributed by atoms with Gasteiger partial charge in [-0.1, -0.05) is 11.6 Å². The summed E-state index contributed by atoms with van der Waals surface area (Å²) in [5.41, 5.74) is 0.279. The number of carbonyl (C=O) groups excluding carboxylic acids is 1.